The summed E-state index contributed by atoms with van der Waals surface area (Å²) in [6.07, 6.45) is 3.27. The second-order valence-corrected chi connectivity index (χ2v) is 6.12. The third-order valence-corrected chi connectivity index (χ3v) is 4.05. The van der Waals surface area contributed by atoms with Crippen LogP contribution in [-0.2, 0) is 9.59 Å². The first kappa shape index (κ1) is 17.0. The Balaban J connectivity index is 1.82. The van der Waals surface area contributed by atoms with Crippen molar-refractivity contribution in [3.8, 4) is 0 Å². The number of anilines is 1. The first-order valence-electron chi connectivity index (χ1n) is 7.40. The number of hydrogen-bond donors (Lipinski definition) is 2. The molecule has 2 amide bonds. The predicted molar refractivity (Wildman–Crippen MR) is 95.5 cm³/mol. The van der Waals surface area contributed by atoms with Crippen LogP contribution in [0.25, 0.3) is 6.08 Å². The Kier molecular flexibility index (Phi) is 6.11. The molecular formula is C18H20N2O2S. The number of hydrogen-bond acceptors (Lipinski definition) is 3. The second kappa shape index (κ2) is 8.29. The van der Waals surface area contributed by atoms with Crippen molar-refractivity contribution in [2.75, 3.05) is 11.9 Å². The molecule has 2 rings (SSSR count). The van der Waals surface area contributed by atoms with E-state index >= 15 is 0 Å². The molecule has 0 saturated heterocycles. The topological polar surface area (TPSA) is 58.2 Å². The molecule has 1 atom stereocenters. The van der Waals surface area contributed by atoms with E-state index in [9.17, 15) is 9.59 Å². The maximum Gasteiger partial charge on any atom is 0.244 e. The Morgan fingerprint density at radius 1 is 1.22 bits per heavy atom. The Hall–Kier alpha value is -2.40. The number of carbonyl (C=O) groups excluding carboxylic acids is 2. The molecule has 1 aromatic carbocycles. The van der Waals surface area contributed by atoms with Gasteiger partial charge in [-0.25, -0.2) is 0 Å². The summed E-state index contributed by atoms with van der Waals surface area (Å²) in [5.41, 5.74) is 2.89. The molecule has 1 unspecified atom stereocenters. The van der Waals surface area contributed by atoms with E-state index in [0.717, 1.165) is 11.3 Å². The zero-order valence-electron chi connectivity index (χ0n) is 13.2. The summed E-state index contributed by atoms with van der Waals surface area (Å²) in [6, 6.07) is 9.38. The molecule has 4 nitrogen and oxygen atoms in total. The maximum absolute atomic E-state index is 11.9. The average molecular weight is 328 g/mol. The highest BCUT2D eigenvalue weighted by Crippen LogP contribution is 2.17. The lowest BCUT2D eigenvalue weighted by molar-refractivity contribution is -0.116. The van der Waals surface area contributed by atoms with Gasteiger partial charge in [0.15, 0.2) is 0 Å². The zero-order valence-corrected chi connectivity index (χ0v) is 14.0. The Morgan fingerprint density at radius 3 is 2.57 bits per heavy atom. The molecule has 5 heteroatoms. The van der Waals surface area contributed by atoms with Crippen LogP contribution in [0.5, 0.6) is 0 Å². The highest BCUT2D eigenvalue weighted by atomic mass is 32.1. The molecule has 0 aliphatic rings. The summed E-state index contributed by atoms with van der Waals surface area (Å²) in [4.78, 5) is 22.8. The van der Waals surface area contributed by atoms with Gasteiger partial charge in [0.2, 0.25) is 11.8 Å². The van der Waals surface area contributed by atoms with Crippen LogP contribution in [0, 0.1) is 0 Å². The average Bonchev–Trinajstić information content (AvgIpc) is 3.06. The summed E-state index contributed by atoms with van der Waals surface area (Å²) < 4.78 is 0. The van der Waals surface area contributed by atoms with Crippen LogP contribution in [0.3, 0.4) is 0 Å². The van der Waals surface area contributed by atoms with Crippen molar-refractivity contribution in [3.05, 3.63) is 58.3 Å². The van der Waals surface area contributed by atoms with E-state index in [1.54, 1.807) is 29.5 Å². The van der Waals surface area contributed by atoms with Crippen LogP contribution in [0.2, 0.25) is 0 Å². The van der Waals surface area contributed by atoms with E-state index in [1.807, 2.05) is 17.5 Å². The first-order chi connectivity index (χ1) is 11.0. The van der Waals surface area contributed by atoms with Crippen molar-refractivity contribution < 1.29 is 9.59 Å². The van der Waals surface area contributed by atoms with Gasteiger partial charge in [0.25, 0.3) is 0 Å². The van der Waals surface area contributed by atoms with Gasteiger partial charge in [-0.3, -0.25) is 9.59 Å². The van der Waals surface area contributed by atoms with Gasteiger partial charge in [0.1, 0.15) is 0 Å². The first-order valence-corrected chi connectivity index (χ1v) is 8.34. The molecule has 0 aliphatic heterocycles. The molecule has 1 aromatic heterocycles. The lowest BCUT2D eigenvalue weighted by atomic mass is 10.1. The molecule has 0 saturated carbocycles. The van der Waals surface area contributed by atoms with Crippen LogP contribution < -0.4 is 10.6 Å². The minimum absolute atomic E-state index is 0.104. The smallest absolute Gasteiger partial charge is 0.244 e. The van der Waals surface area contributed by atoms with Crippen molar-refractivity contribution in [2.45, 2.75) is 19.8 Å². The zero-order chi connectivity index (χ0) is 16.7. The lowest BCUT2D eigenvalue weighted by Crippen LogP contribution is -2.25. The molecule has 1 heterocycles. The van der Waals surface area contributed by atoms with Gasteiger partial charge in [-0.1, -0.05) is 19.1 Å². The molecule has 0 spiro atoms. The Labute approximate surface area is 140 Å². The fourth-order valence-electron chi connectivity index (χ4n) is 2.04. The van der Waals surface area contributed by atoms with Gasteiger partial charge < -0.3 is 10.6 Å². The lowest BCUT2D eigenvalue weighted by Gasteiger charge is -2.09. The SMILES string of the molecule is CC(=O)Nc1ccc(/C=C/C(=O)NCC(C)c2ccsc2)cc1. The van der Waals surface area contributed by atoms with Crippen molar-refractivity contribution in [3.63, 3.8) is 0 Å². The second-order valence-electron chi connectivity index (χ2n) is 5.34. The predicted octanol–water partition coefficient (Wildman–Crippen LogP) is 3.64. The molecule has 0 fully saturated rings. The van der Waals surface area contributed by atoms with Gasteiger partial charge in [0.05, 0.1) is 0 Å². The van der Waals surface area contributed by atoms with E-state index in [0.29, 0.717) is 12.5 Å². The molecule has 120 valence electrons. The van der Waals surface area contributed by atoms with Gasteiger partial charge in [-0.2, -0.15) is 11.3 Å². The van der Waals surface area contributed by atoms with Crippen molar-refractivity contribution in [1.82, 2.24) is 5.32 Å². The molecule has 2 N–H and O–H groups in total. The molecule has 23 heavy (non-hydrogen) atoms. The molecule has 2 aromatic rings. The third-order valence-electron chi connectivity index (χ3n) is 3.35. The number of benzene rings is 1. The molecule has 0 aliphatic carbocycles. The van der Waals surface area contributed by atoms with E-state index in [1.165, 1.54) is 18.6 Å². The van der Waals surface area contributed by atoms with Crippen LogP contribution in [-0.4, -0.2) is 18.4 Å². The minimum Gasteiger partial charge on any atom is -0.352 e. The summed E-state index contributed by atoms with van der Waals surface area (Å²) >= 11 is 1.66. The van der Waals surface area contributed by atoms with E-state index < -0.39 is 0 Å². The Bertz CT molecular complexity index is 676. The number of amides is 2. The van der Waals surface area contributed by atoms with Gasteiger partial charge >= 0.3 is 0 Å². The largest absolute Gasteiger partial charge is 0.352 e. The van der Waals surface area contributed by atoms with Crippen molar-refractivity contribution >= 4 is 34.9 Å². The third kappa shape index (κ3) is 5.71. The van der Waals surface area contributed by atoms with E-state index in [4.69, 9.17) is 0 Å². The fraction of sp³-hybridized carbons (Fsp3) is 0.222. The summed E-state index contributed by atoms with van der Waals surface area (Å²) in [5, 5.41) is 9.74. The molecular weight excluding hydrogens is 308 g/mol. The summed E-state index contributed by atoms with van der Waals surface area (Å²) in [5.74, 6) is 0.0842. The van der Waals surface area contributed by atoms with Crippen molar-refractivity contribution in [2.24, 2.45) is 0 Å². The van der Waals surface area contributed by atoms with E-state index in [2.05, 4.69) is 29.0 Å². The van der Waals surface area contributed by atoms with Gasteiger partial charge in [-0.05, 0) is 52.1 Å². The minimum atomic E-state index is -0.113. The highest BCUT2D eigenvalue weighted by molar-refractivity contribution is 7.07. The normalized spacial score (nSPS) is 12.1. The van der Waals surface area contributed by atoms with Gasteiger partial charge in [0, 0.05) is 25.2 Å². The van der Waals surface area contributed by atoms with Crippen LogP contribution in [0.4, 0.5) is 5.69 Å². The molecule has 0 radical (unpaired) electrons. The van der Waals surface area contributed by atoms with Crippen molar-refractivity contribution in [1.29, 1.82) is 0 Å². The van der Waals surface area contributed by atoms with Gasteiger partial charge in [-0.15, -0.1) is 0 Å². The summed E-state index contributed by atoms with van der Waals surface area (Å²) in [7, 11) is 0. The number of carbonyl (C=O) groups is 2. The number of nitrogens with one attached hydrogen (secondary N) is 2. The van der Waals surface area contributed by atoms with Crippen LogP contribution in [0.15, 0.2) is 47.2 Å². The number of rotatable bonds is 6. The van der Waals surface area contributed by atoms with Crippen LogP contribution in [0.1, 0.15) is 30.9 Å². The summed E-state index contributed by atoms with van der Waals surface area (Å²) in [6.45, 7) is 4.17. The van der Waals surface area contributed by atoms with Crippen LogP contribution >= 0.6 is 11.3 Å². The highest BCUT2D eigenvalue weighted by Gasteiger charge is 2.06. The van der Waals surface area contributed by atoms with E-state index in [-0.39, 0.29) is 11.8 Å². The quantitative estimate of drug-likeness (QED) is 0.795. The molecule has 0 bridgehead atoms. The number of thiophene rings is 1. The maximum atomic E-state index is 11.9. The standard InChI is InChI=1S/C18H20N2O2S/c1-13(16-9-10-23-12-16)11-19-18(22)8-5-15-3-6-17(7-4-15)20-14(2)21/h3-10,12-13H,11H2,1-2H3,(H,19,22)(H,20,21)/b8-5+. The monoisotopic (exact) mass is 328 g/mol. The fourth-order valence-corrected chi connectivity index (χ4v) is 2.82. The Morgan fingerprint density at radius 2 is 1.96 bits per heavy atom.